The summed E-state index contributed by atoms with van der Waals surface area (Å²) in [6.45, 7) is 1.10. The monoisotopic (exact) mass is 398 g/mol. The molecule has 2 aliphatic rings. The molecular formula is C22H23ClN2O3. The van der Waals surface area contributed by atoms with Crippen LogP contribution in [0, 0.1) is 0 Å². The topological polar surface area (TPSA) is 69.6 Å². The molecular weight excluding hydrogens is 376 g/mol. The molecule has 6 heteroatoms. The Bertz CT molecular complexity index is 884. The first-order chi connectivity index (χ1) is 13.6. The molecule has 0 spiro atoms. The number of amides is 1. The Morgan fingerprint density at radius 2 is 2.04 bits per heavy atom. The van der Waals surface area contributed by atoms with E-state index in [4.69, 9.17) is 16.7 Å². The Hall–Kier alpha value is -2.63. The van der Waals surface area contributed by atoms with Gasteiger partial charge in [0.05, 0.1) is 11.4 Å². The lowest BCUT2D eigenvalue weighted by Gasteiger charge is -2.28. The van der Waals surface area contributed by atoms with E-state index in [0.29, 0.717) is 31.0 Å². The lowest BCUT2D eigenvalue weighted by atomic mass is 10.0. The maximum Gasteiger partial charge on any atom is 0.328 e. The third kappa shape index (κ3) is 5.00. The summed E-state index contributed by atoms with van der Waals surface area (Å²) in [5, 5.41) is 12.3. The molecule has 0 saturated carbocycles. The molecule has 0 aromatic heterocycles. The van der Waals surface area contributed by atoms with Crippen LogP contribution in [0.15, 0.2) is 70.9 Å². The van der Waals surface area contributed by atoms with Crippen LogP contribution in [0.2, 0.25) is 0 Å². The average molecular weight is 399 g/mol. The highest BCUT2D eigenvalue weighted by atomic mass is 35.5. The molecule has 1 amide bonds. The quantitative estimate of drug-likeness (QED) is 0.539. The third-order valence-electron chi connectivity index (χ3n) is 4.68. The molecule has 1 heterocycles. The molecule has 0 radical (unpaired) electrons. The van der Waals surface area contributed by atoms with E-state index in [-0.39, 0.29) is 5.91 Å². The van der Waals surface area contributed by atoms with Gasteiger partial charge in [-0.3, -0.25) is 9.69 Å². The summed E-state index contributed by atoms with van der Waals surface area (Å²) in [6, 6.07) is 7.96. The molecule has 146 valence electrons. The van der Waals surface area contributed by atoms with Crippen LogP contribution in [0.1, 0.15) is 24.8 Å². The van der Waals surface area contributed by atoms with E-state index in [0.717, 1.165) is 41.4 Å². The number of para-hydroxylation sites is 1. The fourth-order valence-corrected chi connectivity index (χ4v) is 3.53. The number of carbonyl (C=O) groups is 2. The van der Waals surface area contributed by atoms with Crippen molar-refractivity contribution in [2.24, 2.45) is 0 Å². The molecule has 1 aliphatic carbocycles. The van der Waals surface area contributed by atoms with Crippen LogP contribution in [0.25, 0.3) is 0 Å². The molecule has 28 heavy (non-hydrogen) atoms. The molecule has 0 fully saturated rings. The van der Waals surface area contributed by atoms with Crippen LogP contribution in [0.3, 0.4) is 0 Å². The van der Waals surface area contributed by atoms with Gasteiger partial charge < -0.3 is 10.4 Å². The van der Waals surface area contributed by atoms with Gasteiger partial charge in [-0.25, -0.2) is 4.79 Å². The van der Waals surface area contributed by atoms with Crippen molar-refractivity contribution in [2.45, 2.75) is 25.7 Å². The Balaban J connectivity index is 1.70. The van der Waals surface area contributed by atoms with Gasteiger partial charge in [0.15, 0.2) is 0 Å². The largest absolute Gasteiger partial charge is 0.478 e. The zero-order chi connectivity index (χ0) is 19.9. The van der Waals surface area contributed by atoms with Gasteiger partial charge in [0.1, 0.15) is 0 Å². The van der Waals surface area contributed by atoms with E-state index in [2.05, 4.69) is 17.5 Å². The molecule has 0 bridgehead atoms. The minimum absolute atomic E-state index is 0.0285. The van der Waals surface area contributed by atoms with Crippen molar-refractivity contribution < 1.29 is 14.7 Å². The first-order valence-electron chi connectivity index (χ1n) is 9.34. The number of benzene rings is 1. The number of carboxylic acid groups (broad SMARTS) is 1. The summed E-state index contributed by atoms with van der Waals surface area (Å²) >= 11 is 6.25. The molecule has 2 N–H and O–H groups in total. The number of hydrogen-bond donors (Lipinski definition) is 2. The summed E-state index contributed by atoms with van der Waals surface area (Å²) < 4.78 is 0. The summed E-state index contributed by atoms with van der Waals surface area (Å²) in [7, 11) is 0. The lowest BCUT2D eigenvalue weighted by Crippen LogP contribution is -2.32. The van der Waals surface area contributed by atoms with E-state index in [1.54, 1.807) is 11.0 Å². The predicted octanol–water partition coefficient (Wildman–Crippen LogP) is 3.92. The Morgan fingerprint density at radius 3 is 2.86 bits per heavy atom. The number of anilines is 1. The van der Waals surface area contributed by atoms with E-state index >= 15 is 0 Å². The van der Waals surface area contributed by atoms with Crippen molar-refractivity contribution in [1.29, 1.82) is 0 Å². The third-order valence-corrected chi connectivity index (χ3v) is 4.94. The van der Waals surface area contributed by atoms with Crippen molar-refractivity contribution in [1.82, 2.24) is 5.32 Å². The van der Waals surface area contributed by atoms with Crippen molar-refractivity contribution in [3.05, 3.63) is 76.5 Å². The number of allylic oxidation sites excluding steroid dienone is 5. The molecule has 3 rings (SSSR count). The highest BCUT2D eigenvalue weighted by molar-refractivity contribution is 6.31. The fourth-order valence-electron chi connectivity index (χ4n) is 3.35. The van der Waals surface area contributed by atoms with Gasteiger partial charge in [-0.1, -0.05) is 48.0 Å². The van der Waals surface area contributed by atoms with Gasteiger partial charge in [-0.05, 0) is 49.1 Å². The molecule has 5 nitrogen and oxygen atoms in total. The van der Waals surface area contributed by atoms with E-state index in [1.807, 2.05) is 30.4 Å². The number of halogens is 1. The molecule has 1 aliphatic heterocycles. The van der Waals surface area contributed by atoms with Gasteiger partial charge in [-0.15, -0.1) is 0 Å². The zero-order valence-electron chi connectivity index (χ0n) is 15.5. The Kier molecular flexibility index (Phi) is 6.85. The van der Waals surface area contributed by atoms with E-state index in [1.165, 1.54) is 0 Å². The minimum Gasteiger partial charge on any atom is -0.478 e. The van der Waals surface area contributed by atoms with Crippen LogP contribution >= 0.6 is 11.6 Å². The SMILES string of the molecule is O=C(O)/C=C/CNCCCC(=O)N1C2=CC(Cl)=CCC2=CCc2ccccc21. The van der Waals surface area contributed by atoms with E-state index < -0.39 is 5.97 Å². The van der Waals surface area contributed by atoms with Crippen LogP contribution < -0.4 is 10.2 Å². The van der Waals surface area contributed by atoms with Gasteiger partial charge in [0.2, 0.25) is 5.91 Å². The maximum absolute atomic E-state index is 13.1. The number of fused-ring (bicyclic) bond motifs is 2. The van der Waals surface area contributed by atoms with Crippen LogP contribution in [0.5, 0.6) is 0 Å². The number of carbonyl (C=O) groups excluding carboxylic acids is 1. The fraction of sp³-hybridized carbons (Fsp3) is 0.273. The smallest absolute Gasteiger partial charge is 0.328 e. The van der Waals surface area contributed by atoms with Crippen LogP contribution in [-0.2, 0) is 16.0 Å². The maximum atomic E-state index is 13.1. The van der Waals surface area contributed by atoms with Gasteiger partial charge in [-0.2, -0.15) is 0 Å². The predicted molar refractivity (Wildman–Crippen MR) is 111 cm³/mol. The van der Waals surface area contributed by atoms with Gasteiger partial charge in [0, 0.05) is 24.1 Å². The molecule has 0 saturated heterocycles. The van der Waals surface area contributed by atoms with Gasteiger partial charge >= 0.3 is 5.97 Å². The minimum atomic E-state index is -0.964. The van der Waals surface area contributed by atoms with Crippen LogP contribution in [-0.4, -0.2) is 30.1 Å². The van der Waals surface area contributed by atoms with Crippen molar-refractivity contribution in [2.75, 3.05) is 18.0 Å². The van der Waals surface area contributed by atoms with E-state index in [9.17, 15) is 9.59 Å². The second-order valence-electron chi connectivity index (χ2n) is 6.66. The summed E-state index contributed by atoms with van der Waals surface area (Å²) in [6.07, 6.45) is 11.2. The molecule has 0 atom stereocenters. The van der Waals surface area contributed by atoms with Crippen molar-refractivity contribution >= 4 is 29.2 Å². The summed E-state index contributed by atoms with van der Waals surface area (Å²) in [5.74, 6) is -0.935. The zero-order valence-corrected chi connectivity index (χ0v) is 16.3. The number of rotatable bonds is 7. The standard InChI is InChI=1S/C22H23ClN2O3/c23-18-12-11-17-10-9-16-5-1-2-6-19(16)25(20(17)15-18)21(26)7-3-13-24-14-4-8-22(27)28/h1-2,4-6,8,10,12,15,24H,3,7,9,11,13-14H2,(H,27,28)/b8-4+. The lowest BCUT2D eigenvalue weighted by molar-refractivity contribution is -0.131. The highest BCUT2D eigenvalue weighted by Crippen LogP contribution is 2.37. The summed E-state index contributed by atoms with van der Waals surface area (Å²) in [4.78, 5) is 25.4. The second kappa shape index (κ2) is 9.53. The number of carboxylic acids is 1. The van der Waals surface area contributed by atoms with Gasteiger partial charge in [0.25, 0.3) is 0 Å². The Morgan fingerprint density at radius 1 is 1.21 bits per heavy atom. The van der Waals surface area contributed by atoms with Crippen LogP contribution in [0.4, 0.5) is 5.69 Å². The highest BCUT2D eigenvalue weighted by Gasteiger charge is 2.27. The molecule has 1 aromatic rings. The molecule has 1 aromatic carbocycles. The number of nitrogens with one attached hydrogen (secondary N) is 1. The first kappa shape index (κ1) is 20.1. The second-order valence-corrected chi connectivity index (χ2v) is 7.10. The number of aliphatic carboxylic acids is 1. The van der Waals surface area contributed by atoms with Crippen molar-refractivity contribution in [3.63, 3.8) is 0 Å². The number of nitrogens with zero attached hydrogens (tertiary/aromatic N) is 1. The Labute approximate surface area is 169 Å². The van der Waals surface area contributed by atoms with Crippen molar-refractivity contribution in [3.8, 4) is 0 Å². The summed E-state index contributed by atoms with van der Waals surface area (Å²) in [5.41, 5.74) is 4.01. The normalized spacial score (nSPS) is 15.9. The average Bonchev–Trinajstić information content (AvgIpc) is 2.83. The number of hydrogen-bond acceptors (Lipinski definition) is 3. The first-order valence-corrected chi connectivity index (χ1v) is 9.72. The molecule has 0 unspecified atom stereocenters.